The number of likely N-dealkylation sites (tertiary alicyclic amines) is 1. The summed E-state index contributed by atoms with van der Waals surface area (Å²) in [5, 5.41) is 0. The van der Waals surface area contributed by atoms with Crippen molar-refractivity contribution < 1.29 is 0 Å². The molecule has 0 radical (unpaired) electrons. The van der Waals surface area contributed by atoms with Gasteiger partial charge >= 0.3 is 0 Å². The molecule has 4 N–H and O–H groups in total. The molecule has 1 aromatic rings. The van der Waals surface area contributed by atoms with E-state index >= 15 is 0 Å². The molecular weight excluding hydrogens is 236 g/mol. The molecule has 2 heterocycles. The average Bonchev–Trinajstić information content (AvgIpc) is 2.42. The Morgan fingerprint density at radius 3 is 2.63 bits per heavy atom. The van der Waals surface area contributed by atoms with Crippen LogP contribution in [0.15, 0.2) is 18.3 Å². The molecule has 1 atom stereocenters. The summed E-state index contributed by atoms with van der Waals surface area (Å²) in [6.45, 7) is 6.80. The third-order valence-corrected chi connectivity index (χ3v) is 4.44. The lowest BCUT2D eigenvalue weighted by Crippen LogP contribution is -2.58. The quantitative estimate of drug-likeness (QED) is 0.868. The van der Waals surface area contributed by atoms with Gasteiger partial charge in [-0.05, 0) is 57.8 Å². The smallest absolute Gasteiger partial charge is 0.126 e. The summed E-state index contributed by atoms with van der Waals surface area (Å²) in [4.78, 5) is 6.66. The van der Waals surface area contributed by atoms with Crippen molar-refractivity contribution in [2.24, 2.45) is 5.73 Å². The fourth-order valence-electron chi connectivity index (χ4n) is 2.81. The van der Waals surface area contributed by atoms with Crippen LogP contribution < -0.4 is 11.5 Å². The van der Waals surface area contributed by atoms with Crippen molar-refractivity contribution in [2.45, 2.75) is 51.1 Å². The van der Waals surface area contributed by atoms with Crippen LogP contribution in [-0.2, 0) is 6.42 Å². The number of hydrogen-bond donors (Lipinski definition) is 2. The number of piperidine rings is 1. The van der Waals surface area contributed by atoms with Crippen molar-refractivity contribution in [2.75, 3.05) is 18.8 Å². The van der Waals surface area contributed by atoms with E-state index < -0.39 is 0 Å². The van der Waals surface area contributed by atoms with Crippen LogP contribution in [0.2, 0.25) is 0 Å². The standard InChI is InChI=1S/C15H26N4/c1-15(2,19-9-4-3-5-10-19)13(16)11-12-7-6-8-18-14(12)17/h6-8,13H,3-5,9-11,16H2,1-2H3,(H2,17,18). The first-order valence-corrected chi connectivity index (χ1v) is 7.22. The monoisotopic (exact) mass is 262 g/mol. The number of pyridine rings is 1. The second kappa shape index (κ2) is 5.88. The maximum Gasteiger partial charge on any atom is 0.126 e. The van der Waals surface area contributed by atoms with Gasteiger partial charge in [-0.15, -0.1) is 0 Å². The molecule has 0 aliphatic carbocycles. The summed E-state index contributed by atoms with van der Waals surface area (Å²) in [6, 6.07) is 4.01. The molecule has 106 valence electrons. The zero-order valence-electron chi connectivity index (χ0n) is 12.1. The Labute approximate surface area is 116 Å². The van der Waals surface area contributed by atoms with Crippen molar-refractivity contribution in [3.63, 3.8) is 0 Å². The van der Waals surface area contributed by atoms with Crippen molar-refractivity contribution in [1.82, 2.24) is 9.88 Å². The molecule has 0 saturated carbocycles. The Bertz CT molecular complexity index is 410. The van der Waals surface area contributed by atoms with Crippen molar-refractivity contribution >= 4 is 5.82 Å². The van der Waals surface area contributed by atoms with Crippen LogP contribution in [0.1, 0.15) is 38.7 Å². The third-order valence-electron chi connectivity index (χ3n) is 4.44. The summed E-state index contributed by atoms with van der Waals surface area (Å²) in [6.07, 6.45) is 6.41. The molecule has 4 heteroatoms. The predicted octanol–water partition coefficient (Wildman–Crippen LogP) is 1.80. The molecular formula is C15H26N4. The van der Waals surface area contributed by atoms with Gasteiger partial charge in [0, 0.05) is 17.8 Å². The number of rotatable bonds is 4. The lowest BCUT2D eigenvalue weighted by Gasteiger charge is -2.44. The van der Waals surface area contributed by atoms with Crippen LogP contribution in [-0.4, -0.2) is 34.6 Å². The predicted molar refractivity (Wildman–Crippen MR) is 79.8 cm³/mol. The molecule has 1 aliphatic rings. The van der Waals surface area contributed by atoms with E-state index in [1.165, 1.54) is 19.3 Å². The fourth-order valence-corrected chi connectivity index (χ4v) is 2.81. The van der Waals surface area contributed by atoms with Gasteiger partial charge in [0.1, 0.15) is 5.82 Å². The minimum atomic E-state index is 0.00268. The number of anilines is 1. The second-order valence-electron chi connectivity index (χ2n) is 6.06. The topological polar surface area (TPSA) is 68.2 Å². The SMILES string of the molecule is CC(C)(C(N)Cc1cccnc1N)N1CCCCC1. The van der Waals surface area contributed by atoms with Gasteiger partial charge in [-0.2, -0.15) is 0 Å². The molecule has 1 fully saturated rings. The Morgan fingerprint density at radius 1 is 1.32 bits per heavy atom. The van der Waals surface area contributed by atoms with Crippen LogP contribution in [0.4, 0.5) is 5.82 Å². The van der Waals surface area contributed by atoms with Crippen molar-refractivity contribution in [3.8, 4) is 0 Å². The molecule has 1 saturated heterocycles. The number of nitrogens with two attached hydrogens (primary N) is 2. The molecule has 4 nitrogen and oxygen atoms in total. The Balaban J connectivity index is 2.05. The van der Waals surface area contributed by atoms with E-state index in [0.29, 0.717) is 5.82 Å². The summed E-state index contributed by atoms with van der Waals surface area (Å²) < 4.78 is 0. The van der Waals surface area contributed by atoms with Gasteiger partial charge in [0.25, 0.3) is 0 Å². The average molecular weight is 262 g/mol. The lowest BCUT2D eigenvalue weighted by atomic mass is 9.87. The van der Waals surface area contributed by atoms with Gasteiger partial charge in [-0.1, -0.05) is 12.5 Å². The van der Waals surface area contributed by atoms with E-state index in [9.17, 15) is 0 Å². The van der Waals surface area contributed by atoms with Crippen LogP contribution in [0.25, 0.3) is 0 Å². The molecule has 0 spiro atoms. The first-order valence-electron chi connectivity index (χ1n) is 7.22. The summed E-state index contributed by atoms with van der Waals surface area (Å²) in [7, 11) is 0. The highest BCUT2D eigenvalue weighted by Crippen LogP contribution is 2.25. The molecule has 1 aliphatic heterocycles. The van der Waals surface area contributed by atoms with Crippen molar-refractivity contribution in [3.05, 3.63) is 23.9 Å². The van der Waals surface area contributed by atoms with Gasteiger partial charge in [0.15, 0.2) is 0 Å². The molecule has 0 amide bonds. The minimum Gasteiger partial charge on any atom is -0.383 e. The summed E-state index contributed by atoms with van der Waals surface area (Å²) >= 11 is 0. The van der Waals surface area contributed by atoms with Gasteiger partial charge in [-0.25, -0.2) is 4.98 Å². The molecule has 1 aromatic heterocycles. The van der Waals surface area contributed by atoms with Gasteiger partial charge < -0.3 is 11.5 Å². The van der Waals surface area contributed by atoms with E-state index in [1.807, 2.05) is 12.1 Å². The van der Waals surface area contributed by atoms with Gasteiger partial charge in [0.05, 0.1) is 0 Å². The Morgan fingerprint density at radius 2 is 2.00 bits per heavy atom. The molecule has 0 bridgehead atoms. The molecule has 19 heavy (non-hydrogen) atoms. The van der Waals surface area contributed by atoms with Crippen LogP contribution >= 0.6 is 0 Å². The van der Waals surface area contributed by atoms with Gasteiger partial charge in [0.2, 0.25) is 0 Å². The molecule has 2 rings (SSSR count). The first kappa shape index (κ1) is 14.3. The van der Waals surface area contributed by atoms with Gasteiger partial charge in [-0.3, -0.25) is 4.90 Å². The Kier molecular flexibility index (Phi) is 4.42. The van der Waals surface area contributed by atoms with Crippen molar-refractivity contribution in [1.29, 1.82) is 0 Å². The highest BCUT2D eigenvalue weighted by atomic mass is 15.2. The maximum atomic E-state index is 6.46. The van der Waals surface area contributed by atoms with E-state index in [0.717, 1.165) is 25.1 Å². The number of nitrogen functional groups attached to an aromatic ring is 1. The maximum absolute atomic E-state index is 6.46. The highest BCUT2D eigenvalue weighted by Gasteiger charge is 2.34. The van der Waals surface area contributed by atoms with Crippen LogP contribution in [0.5, 0.6) is 0 Å². The van der Waals surface area contributed by atoms with E-state index in [4.69, 9.17) is 11.5 Å². The number of hydrogen-bond acceptors (Lipinski definition) is 4. The lowest BCUT2D eigenvalue weighted by molar-refractivity contribution is 0.0731. The Hall–Kier alpha value is -1.13. The third kappa shape index (κ3) is 3.25. The number of aromatic nitrogens is 1. The summed E-state index contributed by atoms with van der Waals surface area (Å²) in [5.41, 5.74) is 13.4. The van der Waals surface area contributed by atoms with E-state index in [-0.39, 0.29) is 11.6 Å². The van der Waals surface area contributed by atoms with Crippen LogP contribution in [0.3, 0.4) is 0 Å². The largest absolute Gasteiger partial charge is 0.383 e. The van der Waals surface area contributed by atoms with Crippen LogP contribution in [0, 0.1) is 0 Å². The zero-order chi connectivity index (χ0) is 13.9. The van der Waals surface area contributed by atoms with E-state index in [1.54, 1.807) is 6.20 Å². The zero-order valence-corrected chi connectivity index (χ0v) is 12.1. The molecule has 1 unspecified atom stereocenters. The van der Waals surface area contributed by atoms with E-state index in [2.05, 4.69) is 23.7 Å². The minimum absolute atomic E-state index is 0.00268. The molecule has 0 aromatic carbocycles. The second-order valence-corrected chi connectivity index (χ2v) is 6.06. The first-order chi connectivity index (χ1) is 9.01. The normalized spacial score (nSPS) is 19.3. The number of nitrogens with zero attached hydrogens (tertiary/aromatic N) is 2. The highest BCUT2D eigenvalue weighted by molar-refractivity contribution is 5.39. The fraction of sp³-hybridized carbons (Fsp3) is 0.667. The summed E-state index contributed by atoms with van der Waals surface area (Å²) in [5.74, 6) is 0.604.